The average molecular weight is 269 g/mol. The molecule has 1 aromatic carbocycles. The first kappa shape index (κ1) is 13.3. The molecule has 19 heavy (non-hydrogen) atoms. The van der Waals surface area contributed by atoms with Gasteiger partial charge in [-0.3, -0.25) is 4.79 Å². The van der Waals surface area contributed by atoms with Crippen LogP contribution in [0.15, 0.2) is 24.4 Å². The van der Waals surface area contributed by atoms with Crippen molar-refractivity contribution in [1.29, 1.82) is 0 Å². The molecule has 0 N–H and O–H groups in total. The summed E-state index contributed by atoms with van der Waals surface area (Å²) in [7, 11) is 0. The van der Waals surface area contributed by atoms with Crippen molar-refractivity contribution in [3.8, 4) is 5.69 Å². The fourth-order valence-corrected chi connectivity index (χ4v) is 1.51. The number of aromatic nitrogens is 3. The molecule has 100 valence electrons. The van der Waals surface area contributed by atoms with Gasteiger partial charge in [-0.05, 0) is 37.1 Å². The lowest BCUT2D eigenvalue weighted by Crippen LogP contribution is -2.23. The van der Waals surface area contributed by atoms with Crippen LogP contribution in [0.5, 0.6) is 0 Å². The fourth-order valence-electron chi connectivity index (χ4n) is 1.51. The number of aryl methyl sites for hydroxylation is 2. The monoisotopic (exact) mass is 269 g/mol. The van der Waals surface area contributed by atoms with Gasteiger partial charge in [0.05, 0.1) is 11.9 Å². The van der Waals surface area contributed by atoms with E-state index in [1.165, 1.54) is 0 Å². The van der Waals surface area contributed by atoms with Crippen molar-refractivity contribution in [2.75, 3.05) is 0 Å². The molecule has 0 unspecified atom stereocenters. The van der Waals surface area contributed by atoms with E-state index in [1.54, 1.807) is 12.1 Å². The van der Waals surface area contributed by atoms with Crippen LogP contribution in [0.1, 0.15) is 21.6 Å². The third kappa shape index (κ3) is 2.64. The van der Waals surface area contributed by atoms with Crippen LogP contribution >= 0.6 is 0 Å². The summed E-state index contributed by atoms with van der Waals surface area (Å²) in [5.74, 6) is -2.00. The standard InChI is InChI=1S/C12H10F3N3O/c1-7-3-4-9(5-8(7)2)18-6-10(16-17-18)11(19)12(13,14)15/h3-6H,1-2H3. The number of Topliss-reactive ketones (excluding diaryl/α,β-unsaturated/α-hetero) is 1. The molecule has 0 aliphatic carbocycles. The van der Waals surface area contributed by atoms with E-state index in [9.17, 15) is 18.0 Å². The molecule has 0 aliphatic heterocycles. The first-order valence-electron chi connectivity index (χ1n) is 5.40. The first-order valence-corrected chi connectivity index (χ1v) is 5.40. The number of ketones is 1. The number of carbonyl (C=O) groups excluding carboxylic acids is 1. The maximum Gasteiger partial charge on any atom is 0.456 e. The Balaban J connectivity index is 2.36. The molecule has 7 heteroatoms. The van der Waals surface area contributed by atoms with Crippen LogP contribution in [0.2, 0.25) is 0 Å². The van der Waals surface area contributed by atoms with Gasteiger partial charge in [-0.15, -0.1) is 5.10 Å². The Kier molecular flexibility index (Phi) is 3.13. The number of halogens is 3. The molecule has 0 atom stereocenters. The summed E-state index contributed by atoms with van der Waals surface area (Å²) in [6.07, 6.45) is -3.97. The van der Waals surface area contributed by atoms with E-state index in [1.807, 2.05) is 19.9 Å². The molecule has 2 rings (SSSR count). The predicted molar refractivity (Wildman–Crippen MR) is 61.2 cm³/mol. The van der Waals surface area contributed by atoms with Gasteiger partial charge >= 0.3 is 6.18 Å². The molecule has 1 aromatic heterocycles. The summed E-state index contributed by atoms with van der Waals surface area (Å²) in [6, 6.07) is 5.27. The van der Waals surface area contributed by atoms with Crippen molar-refractivity contribution >= 4 is 5.78 Å². The van der Waals surface area contributed by atoms with Crippen molar-refractivity contribution in [2.24, 2.45) is 0 Å². The maximum absolute atomic E-state index is 12.2. The number of nitrogens with zero attached hydrogens (tertiary/aromatic N) is 3. The molecule has 1 heterocycles. The van der Waals surface area contributed by atoms with Gasteiger partial charge in [0.2, 0.25) is 0 Å². The summed E-state index contributed by atoms with van der Waals surface area (Å²) in [5.41, 5.74) is 1.86. The van der Waals surface area contributed by atoms with Crippen LogP contribution in [0.4, 0.5) is 13.2 Å². The smallest absolute Gasteiger partial charge is 0.282 e. The third-order valence-corrected chi connectivity index (χ3v) is 2.74. The maximum atomic E-state index is 12.2. The Morgan fingerprint density at radius 2 is 1.89 bits per heavy atom. The Labute approximate surface area is 106 Å². The second-order valence-corrected chi connectivity index (χ2v) is 4.14. The highest BCUT2D eigenvalue weighted by Gasteiger charge is 2.41. The van der Waals surface area contributed by atoms with Crippen LogP contribution in [0.3, 0.4) is 0 Å². The number of rotatable bonds is 2. The van der Waals surface area contributed by atoms with Crippen LogP contribution in [0, 0.1) is 13.8 Å². The minimum Gasteiger partial charge on any atom is -0.282 e. The number of hydrogen-bond acceptors (Lipinski definition) is 3. The zero-order chi connectivity index (χ0) is 14.2. The molecule has 0 spiro atoms. The van der Waals surface area contributed by atoms with Crippen LogP contribution < -0.4 is 0 Å². The molecule has 0 amide bonds. The van der Waals surface area contributed by atoms with Gasteiger partial charge < -0.3 is 0 Å². The van der Waals surface area contributed by atoms with Crippen molar-refractivity contribution < 1.29 is 18.0 Å². The van der Waals surface area contributed by atoms with E-state index in [0.29, 0.717) is 5.69 Å². The van der Waals surface area contributed by atoms with E-state index in [4.69, 9.17) is 0 Å². The highest BCUT2D eigenvalue weighted by Crippen LogP contribution is 2.21. The summed E-state index contributed by atoms with van der Waals surface area (Å²) >= 11 is 0. The molecule has 0 saturated heterocycles. The van der Waals surface area contributed by atoms with Crippen molar-refractivity contribution in [1.82, 2.24) is 15.0 Å². The zero-order valence-electron chi connectivity index (χ0n) is 10.2. The lowest BCUT2D eigenvalue weighted by atomic mass is 10.1. The average Bonchev–Trinajstić information content (AvgIpc) is 2.79. The van der Waals surface area contributed by atoms with Crippen molar-refractivity contribution in [3.05, 3.63) is 41.2 Å². The van der Waals surface area contributed by atoms with E-state index in [0.717, 1.165) is 22.0 Å². The van der Waals surface area contributed by atoms with E-state index < -0.39 is 17.7 Å². The second kappa shape index (κ2) is 4.49. The molecule has 0 saturated carbocycles. The van der Waals surface area contributed by atoms with Gasteiger partial charge in [0.25, 0.3) is 5.78 Å². The van der Waals surface area contributed by atoms with E-state index in [2.05, 4.69) is 10.3 Å². The number of alkyl halides is 3. The number of carbonyl (C=O) groups is 1. The van der Waals surface area contributed by atoms with Crippen LogP contribution in [-0.2, 0) is 0 Å². The molecule has 0 radical (unpaired) electrons. The van der Waals surface area contributed by atoms with Crippen molar-refractivity contribution in [3.63, 3.8) is 0 Å². The molecule has 0 bridgehead atoms. The zero-order valence-corrected chi connectivity index (χ0v) is 10.2. The molecule has 0 fully saturated rings. The van der Waals surface area contributed by atoms with Crippen LogP contribution in [-0.4, -0.2) is 27.0 Å². The highest BCUT2D eigenvalue weighted by molar-refractivity contribution is 5.98. The Hall–Kier alpha value is -2.18. The molecule has 2 aromatic rings. The first-order chi connectivity index (χ1) is 8.79. The van der Waals surface area contributed by atoms with Crippen molar-refractivity contribution in [2.45, 2.75) is 20.0 Å². The summed E-state index contributed by atoms with van der Waals surface area (Å²) in [4.78, 5) is 11.0. The fraction of sp³-hybridized carbons (Fsp3) is 0.250. The van der Waals surface area contributed by atoms with Gasteiger partial charge in [-0.2, -0.15) is 13.2 Å². The lowest BCUT2D eigenvalue weighted by Gasteiger charge is -2.04. The van der Waals surface area contributed by atoms with E-state index >= 15 is 0 Å². The minimum atomic E-state index is -4.94. The Bertz CT molecular complexity index is 631. The number of hydrogen-bond donors (Lipinski definition) is 0. The normalized spacial score (nSPS) is 11.6. The summed E-state index contributed by atoms with van der Waals surface area (Å²) < 4.78 is 37.9. The predicted octanol–water partition coefficient (Wildman–Crippen LogP) is 2.63. The molecular weight excluding hydrogens is 259 g/mol. The topological polar surface area (TPSA) is 47.8 Å². The van der Waals surface area contributed by atoms with Gasteiger partial charge in [0, 0.05) is 0 Å². The van der Waals surface area contributed by atoms with Crippen LogP contribution in [0.25, 0.3) is 5.69 Å². The van der Waals surface area contributed by atoms with Gasteiger partial charge in [-0.25, -0.2) is 4.68 Å². The van der Waals surface area contributed by atoms with Gasteiger partial charge in [0.1, 0.15) is 0 Å². The van der Waals surface area contributed by atoms with E-state index in [-0.39, 0.29) is 0 Å². The molecular formula is C12H10F3N3O. The second-order valence-electron chi connectivity index (χ2n) is 4.14. The summed E-state index contributed by atoms with van der Waals surface area (Å²) in [6.45, 7) is 3.79. The Morgan fingerprint density at radius 1 is 1.21 bits per heavy atom. The molecule has 4 nitrogen and oxygen atoms in total. The minimum absolute atomic E-state index is 0.553. The van der Waals surface area contributed by atoms with Gasteiger partial charge in [0.15, 0.2) is 5.69 Å². The van der Waals surface area contributed by atoms with Gasteiger partial charge in [-0.1, -0.05) is 11.3 Å². The number of benzene rings is 1. The lowest BCUT2D eigenvalue weighted by molar-refractivity contribution is -0.0888. The highest BCUT2D eigenvalue weighted by atomic mass is 19.4. The quantitative estimate of drug-likeness (QED) is 0.787. The summed E-state index contributed by atoms with van der Waals surface area (Å²) in [5, 5.41) is 6.79. The third-order valence-electron chi connectivity index (χ3n) is 2.74. The largest absolute Gasteiger partial charge is 0.456 e. The Morgan fingerprint density at radius 3 is 2.47 bits per heavy atom. The molecule has 0 aliphatic rings. The SMILES string of the molecule is Cc1ccc(-n2cc(C(=O)C(F)(F)F)nn2)cc1C.